The molecule has 1 aromatic carbocycles. The number of H-pyrrole nitrogens is 1. The Morgan fingerprint density at radius 1 is 1.27 bits per heavy atom. The van der Waals surface area contributed by atoms with Gasteiger partial charge >= 0.3 is 0 Å². The molecule has 5 rings (SSSR count). The molecule has 128 valence electrons. The van der Waals surface area contributed by atoms with Gasteiger partial charge in [0.1, 0.15) is 11.6 Å². The topological polar surface area (TPSA) is 106 Å². The number of ether oxygens (including phenoxy) is 3. The van der Waals surface area contributed by atoms with Crippen LogP contribution < -0.4 is 19.9 Å². The molecular weight excluding hydrogens is 352 g/mol. The van der Waals surface area contributed by atoms with E-state index in [-0.39, 0.29) is 18.6 Å². The first-order chi connectivity index (χ1) is 12.8. The highest BCUT2D eigenvalue weighted by molar-refractivity contribution is 7.10. The lowest BCUT2D eigenvalue weighted by Gasteiger charge is -2.22. The number of hydrogen-bond donors (Lipinski definition) is 2. The van der Waals surface area contributed by atoms with Gasteiger partial charge in [0.05, 0.1) is 17.2 Å². The lowest BCUT2D eigenvalue weighted by molar-refractivity contribution is 0.174. The molecule has 0 saturated heterocycles. The quantitative estimate of drug-likeness (QED) is 0.724. The Morgan fingerprint density at radius 3 is 2.96 bits per heavy atom. The molecule has 0 fully saturated rings. The number of nitrogens with zero attached hydrogens (tertiary/aromatic N) is 2. The van der Waals surface area contributed by atoms with E-state index in [1.54, 1.807) is 11.3 Å². The Morgan fingerprint density at radius 2 is 2.15 bits per heavy atom. The average molecular weight is 364 g/mol. The Hall–Kier alpha value is -3.44. The summed E-state index contributed by atoms with van der Waals surface area (Å²) < 4.78 is 16.4. The second-order valence-electron chi connectivity index (χ2n) is 5.83. The van der Waals surface area contributed by atoms with Crippen molar-refractivity contribution < 1.29 is 14.2 Å². The normalized spacial score (nSPS) is 17.6. The molecule has 4 heterocycles. The molecule has 0 bridgehead atoms. The van der Waals surface area contributed by atoms with Crippen LogP contribution in [0, 0.1) is 11.3 Å². The van der Waals surface area contributed by atoms with Crippen molar-refractivity contribution in [3.8, 4) is 34.7 Å². The van der Waals surface area contributed by atoms with Crippen LogP contribution in [0.2, 0.25) is 0 Å². The van der Waals surface area contributed by atoms with E-state index < -0.39 is 0 Å². The minimum atomic E-state index is -0.331. The highest BCUT2D eigenvalue weighted by Crippen LogP contribution is 2.47. The van der Waals surface area contributed by atoms with Crippen LogP contribution in [0.5, 0.6) is 17.4 Å². The number of aromatic amines is 1. The maximum absolute atomic E-state index is 9.65. The zero-order valence-corrected chi connectivity index (χ0v) is 14.2. The van der Waals surface area contributed by atoms with Crippen LogP contribution in [0.25, 0.3) is 11.3 Å². The van der Waals surface area contributed by atoms with Gasteiger partial charge in [0.15, 0.2) is 11.5 Å². The van der Waals surface area contributed by atoms with Crippen LogP contribution in [-0.2, 0) is 0 Å². The third-order valence-corrected chi connectivity index (χ3v) is 5.37. The fourth-order valence-electron chi connectivity index (χ4n) is 3.26. The van der Waals surface area contributed by atoms with Crippen LogP contribution >= 0.6 is 11.3 Å². The van der Waals surface area contributed by atoms with Crippen molar-refractivity contribution in [1.82, 2.24) is 10.2 Å². The number of hydrogen-bond acceptors (Lipinski definition) is 7. The molecule has 3 aromatic rings. The van der Waals surface area contributed by atoms with Gasteiger partial charge in [0.25, 0.3) is 0 Å². The largest absolute Gasteiger partial charge is 0.454 e. The van der Waals surface area contributed by atoms with Gasteiger partial charge in [0, 0.05) is 10.4 Å². The predicted octanol–water partition coefficient (Wildman–Crippen LogP) is 3.09. The van der Waals surface area contributed by atoms with Gasteiger partial charge in [-0.15, -0.1) is 16.4 Å². The molecule has 26 heavy (non-hydrogen) atoms. The standard InChI is InChI=1S/C18H12N4O3S/c19-7-10-14(13-2-1-5-26-13)15-16(21-22-18(15)25-17(10)20)9-3-4-11-12(6-9)24-8-23-11/h1-6,14H,8,20H2,(H,21,22)/t14-/m0/s1. The summed E-state index contributed by atoms with van der Waals surface area (Å²) in [6.07, 6.45) is 0. The van der Waals surface area contributed by atoms with Gasteiger partial charge in [-0.1, -0.05) is 6.07 Å². The Kier molecular flexibility index (Phi) is 3.17. The van der Waals surface area contributed by atoms with E-state index in [1.807, 2.05) is 35.7 Å². The van der Waals surface area contributed by atoms with E-state index in [4.69, 9.17) is 19.9 Å². The molecule has 3 N–H and O–H groups in total. The molecule has 1 atom stereocenters. The van der Waals surface area contributed by atoms with Crippen molar-refractivity contribution in [2.75, 3.05) is 6.79 Å². The smallest absolute Gasteiger partial charge is 0.244 e. The molecule has 0 radical (unpaired) electrons. The molecule has 0 spiro atoms. The van der Waals surface area contributed by atoms with Gasteiger partial charge in [-0.25, -0.2) is 0 Å². The van der Waals surface area contributed by atoms with Gasteiger partial charge in [0.2, 0.25) is 18.6 Å². The third kappa shape index (κ3) is 2.08. The summed E-state index contributed by atoms with van der Waals surface area (Å²) >= 11 is 1.56. The van der Waals surface area contributed by atoms with Gasteiger partial charge < -0.3 is 19.9 Å². The summed E-state index contributed by atoms with van der Waals surface area (Å²) in [5.41, 5.74) is 8.77. The van der Waals surface area contributed by atoms with Crippen molar-refractivity contribution in [2.24, 2.45) is 5.73 Å². The van der Waals surface area contributed by atoms with Crippen LogP contribution in [-0.4, -0.2) is 17.0 Å². The first-order valence-electron chi connectivity index (χ1n) is 7.85. The minimum absolute atomic E-state index is 0.0853. The highest BCUT2D eigenvalue weighted by atomic mass is 32.1. The molecule has 2 aromatic heterocycles. The maximum Gasteiger partial charge on any atom is 0.244 e. The number of fused-ring (bicyclic) bond motifs is 2. The van der Waals surface area contributed by atoms with E-state index in [0.717, 1.165) is 21.7 Å². The Bertz CT molecular complexity index is 1080. The second-order valence-corrected chi connectivity index (χ2v) is 6.80. The molecule has 2 aliphatic rings. The molecule has 8 heteroatoms. The van der Waals surface area contributed by atoms with Crippen LogP contribution in [0.3, 0.4) is 0 Å². The number of thiophene rings is 1. The van der Waals surface area contributed by atoms with E-state index in [2.05, 4.69) is 16.3 Å². The fourth-order valence-corrected chi connectivity index (χ4v) is 4.10. The van der Waals surface area contributed by atoms with Gasteiger partial charge in [-0.3, -0.25) is 5.10 Å². The fraction of sp³-hybridized carbons (Fsp3) is 0.111. The van der Waals surface area contributed by atoms with Gasteiger partial charge in [-0.05, 0) is 29.6 Å². The maximum atomic E-state index is 9.65. The first-order valence-corrected chi connectivity index (χ1v) is 8.73. The SMILES string of the molecule is N#CC1=C(N)Oc2n[nH]c(-c3ccc4c(c3)OCO4)c2[C@@H]1c1cccs1. The zero-order chi connectivity index (χ0) is 17.7. The number of aromatic nitrogens is 2. The number of benzene rings is 1. The Balaban J connectivity index is 1.71. The molecule has 0 saturated carbocycles. The average Bonchev–Trinajstić information content (AvgIpc) is 3.39. The number of rotatable bonds is 2. The van der Waals surface area contributed by atoms with Crippen molar-refractivity contribution in [3.05, 3.63) is 57.6 Å². The summed E-state index contributed by atoms with van der Waals surface area (Å²) in [7, 11) is 0. The number of nitriles is 1. The molecule has 2 aliphatic heterocycles. The van der Waals surface area contributed by atoms with Crippen molar-refractivity contribution >= 4 is 11.3 Å². The highest BCUT2D eigenvalue weighted by Gasteiger charge is 2.36. The number of allylic oxidation sites excluding steroid dienone is 1. The van der Waals surface area contributed by atoms with Crippen molar-refractivity contribution in [1.29, 1.82) is 5.26 Å². The van der Waals surface area contributed by atoms with Crippen LogP contribution in [0.1, 0.15) is 16.4 Å². The number of nitrogens with two attached hydrogens (primary N) is 1. The van der Waals surface area contributed by atoms with E-state index in [0.29, 0.717) is 23.0 Å². The van der Waals surface area contributed by atoms with E-state index in [1.165, 1.54) is 0 Å². The van der Waals surface area contributed by atoms with Crippen molar-refractivity contribution in [2.45, 2.75) is 5.92 Å². The summed E-state index contributed by atoms with van der Waals surface area (Å²) in [6, 6.07) is 11.8. The van der Waals surface area contributed by atoms with Crippen LogP contribution in [0.15, 0.2) is 47.2 Å². The van der Waals surface area contributed by atoms with E-state index >= 15 is 0 Å². The lowest BCUT2D eigenvalue weighted by atomic mass is 9.87. The number of nitrogens with one attached hydrogen (secondary N) is 1. The second kappa shape index (κ2) is 5.54. The Labute approximate surface area is 152 Å². The summed E-state index contributed by atoms with van der Waals surface area (Å²) in [5.74, 6) is 1.51. The lowest BCUT2D eigenvalue weighted by Crippen LogP contribution is -2.20. The zero-order valence-electron chi connectivity index (χ0n) is 13.4. The van der Waals surface area contributed by atoms with Crippen molar-refractivity contribution in [3.63, 3.8) is 0 Å². The third-order valence-electron chi connectivity index (χ3n) is 4.43. The molecule has 0 amide bonds. The van der Waals surface area contributed by atoms with Crippen LogP contribution in [0.4, 0.5) is 0 Å². The summed E-state index contributed by atoms with van der Waals surface area (Å²) in [4.78, 5) is 0.998. The monoisotopic (exact) mass is 364 g/mol. The van der Waals surface area contributed by atoms with Gasteiger partial charge in [-0.2, -0.15) is 5.26 Å². The predicted molar refractivity (Wildman–Crippen MR) is 93.8 cm³/mol. The summed E-state index contributed by atoms with van der Waals surface area (Å²) in [5, 5.41) is 18.9. The molecule has 0 aliphatic carbocycles. The van der Waals surface area contributed by atoms with E-state index in [9.17, 15) is 5.26 Å². The molecular formula is C18H12N4O3S. The molecule has 0 unspecified atom stereocenters. The summed E-state index contributed by atoms with van der Waals surface area (Å²) in [6.45, 7) is 0.207. The molecule has 7 nitrogen and oxygen atoms in total. The minimum Gasteiger partial charge on any atom is -0.454 e. The first kappa shape index (κ1) is 14.9.